The number of aromatic nitrogens is 3. The SMILES string of the molecule is Cc1cc(Cl)nc(NC(=O)Nc2cc3ccccc3cn2)n1. The minimum absolute atomic E-state index is 0.142. The molecule has 2 aromatic heterocycles. The fraction of sp³-hybridized carbons (Fsp3) is 0.0667. The van der Waals surface area contributed by atoms with Crippen molar-refractivity contribution in [2.24, 2.45) is 0 Å². The second-order valence-electron chi connectivity index (χ2n) is 4.65. The number of fused-ring (bicyclic) bond motifs is 1. The van der Waals surface area contributed by atoms with Crippen molar-refractivity contribution in [3.63, 3.8) is 0 Å². The maximum absolute atomic E-state index is 12.0. The number of amides is 2. The normalized spacial score (nSPS) is 10.5. The fourth-order valence-corrected chi connectivity index (χ4v) is 2.23. The van der Waals surface area contributed by atoms with Gasteiger partial charge < -0.3 is 0 Å². The minimum atomic E-state index is -0.482. The molecule has 2 N–H and O–H groups in total. The Bertz CT molecular complexity index is 832. The molecule has 2 amide bonds. The monoisotopic (exact) mass is 313 g/mol. The molecule has 0 saturated carbocycles. The first-order valence-electron chi connectivity index (χ1n) is 6.54. The molecule has 7 heteroatoms. The highest BCUT2D eigenvalue weighted by Gasteiger charge is 2.07. The summed E-state index contributed by atoms with van der Waals surface area (Å²) in [6, 6.07) is 10.7. The number of carbonyl (C=O) groups excluding carboxylic acids is 1. The Morgan fingerprint density at radius 2 is 1.86 bits per heavy atom. The Morgan fingerprint density at radius 3 is 2.64 bits per heavy atom. The van der Waals surface area contributed by atoms with E-state index in [0.717, 1.165) is 10.8 Å². The predicted molar refractivity (Wildman–Crippen MR) is 86.2 cm³/mol. The summed E-state index contributed by atoms with van der Waals surface area (Å²) < 4.78 is 0. The third kappa shape index (κ3) is 3.29. The molecule has 0 aliphatic carbocycles. The number of aryl methyl sites for hydroxylation is 1. The number of nitrogens with zero attached hydrogens (tertiary/aromatic N) is 3. The molecule has 0 fully saturated rings. The van der Waals surface area contributed by atoms with Crippen molar-refractivity contribution >= 4 is 40.2 Å². The van der Waals surface area contributed by atoms with Crippen LogP contribution in [0.4, 0.5) is 16.6 Å². The lowest BCUT2D eigenvalue weighted by Gasteiger charge is -2.07. The van der Waals surface area contributed by atoms with Gasteiger partial charge >= 0.3 is 6.03 Å². The highest BCUT2D eigenvalue weighted by atomic mass is 35.5. The summed E-state index contributed by atoms with van der Waals surface area (Å²) in [6.07, 6.45) is 1.70. The molecule has 0 bridgehead atoms. The maximum Gasteiger partial charge on any atom is 0.327 e. The minimum Gasteiger partial charge on any atom is -0.292 e. The number of carbonyl (C=O) groups is 1. The van der Waals surface area contributed by atoms with Crippen LogP contribution in [0.3, 0.4) is 0 Å². The van der Waals surface area contributed by atoms with E-state index < -0.39 is 6.03 Å². The molecule has 6 nitrogen and oxygen atoms in total. The molecule has 110 valence electrons. The lowest BCUT2D eigenvalue weighted by molar-refractivity contribution is 0.262. The summed E-state index contributed by atoms with van der Waals surface area (Å²) in [5.74, 6) is 0.582. The van der Waals surface area contributed by atoms with Crippen LogP contribution >= 0.6 is 11.6 Å². The predicted octanol–water partition coefficient (Wildman–Crippen LogP) is 3.63. The van der Waals surface area contributed by atoms with Crippen LogP contribution in [0, 0.1) is 6.92 Å². The van der Waals surface area contributed by atoms with Crippen LogP contribution in [0.5, 0.6) is 0 Å². The summed E-state index contributed by atoms with van der Waals surface area (Å²) in [6.45, 7) is 1.77. The number of hydrogen-bond acceptors (Lipinski definition) is 4. The third-order valence-corrected chi connectivity index (χ3v) is 3.11. The molecule has 22 heavy (non-hydrogen) atoms. The first kappa shape index (κ1) is 14.2. The second kappa shape index (κ2) is 5.95. The van der Waals surface area contributed by atoms with Crippen molar-refractivity contribution in [2.75, 3.05) is 10.6 Å². The smallest absolute Gasteiger partial charge is 0.292 e. The van der Waals surface area contributed by atoms with Crippen LogP contribution in [0.25, 0.3) is 10.8 Å². The molecule has 0 aliphatic heterocycles. The van der Waals surface area contributed by atoms with E-state index in [-0.39, 0.29) is 11.1 Å². The zero-order valence-corrected chi connectivity index (χ0v) is 12.4. The molecule has 3 rings (SSSR count). The molecule has 0 aliphatic rings. The molecule has 0 saturated heterocycles. The van der Waals surface area contributed by atoms with Crippen LogP contribution in [0.2, 0.25) is 5.15 Å². The first-order valence-corrected chi connectivity index (χ1v) is 6.92. The van der Waals surface area contributed by atoms with Gasteiger partial charge in [0.15, 0.2) is 0 Å². The number of rotatable bonds is 2. The Hall–Kier alpha value is -2.73. The van der Waals surface area contributed by atoms with E-state index in [1.807, 2.05) is 24.3 Å². The number of benzene rings is 1. The summed E-state index contributed by atoms with van der Waals surface area (Å²) in [5, 5.41) is 7.42. The van der Waals surface area contributed by atoms with E-state index in [1.54, 1.807) is 25.3 Å². The number of halogens is 1. The van der Waals surface area contributed by atoms with Crippen molar-refractivity contribution in [2.45, 2.75) is 6.92 Å². The number of anilines is 2. The van der Waals surface area contributed by atoms with Gasteiger partial charge in [-0.1, -0.05) is 35.9 Å². The van der Waals surface area contributed by atoms with Crippen molar-refractivity contribution < 1.29 is 4.79 Å². The molecular formula is C15H12ClN5O. The van der Waals surface area contributed by atoms with E-state index in [0.29, 0.717) is 11.5 Å². The van der Waals surface area contributed by atoms with Crippen molar-refractivity contribution in [3.05, 3.63) is 53.4 Å². The Morgan fingerprint density at radius 1 is 1.09 bits per heavy atom. The van der Waals surface area contributed by atoms with Gasteiger partial charge in [-0.25, -0.2) is 19.7 Å². The van der Waals surface area contributed by atoms with Gasteiger partial charge in [0, 0.05) is 17.3 Å². The average Bonchev–Trinajstić information content (AvgIpc) is 2.45. The summed E-state index contributed by atoms with van der Waals surface area (Å²) in [4.78, 5) is 24.1. The number of pyridine rings is 1. The quantitative estimate of drug-likeness (QED) is 0.708. The van der Waals surface area contributed by atoms with Gasteiger partial charge in [-0.15, -0.1) is 0 Å². The third-order valence-electron chi connectivity index (χ3n) is 2.92. The molecule has 3 aromatic rings. The molecule has 2 heterocycles. The lowest BCUT2D eigenvalue weighted by Crippen LogP contribution is -2.21. The van der Waals surface area contributed by atoms with Crippen LogP contribution in [0.1, 0.15) is 5.69 Å². The van der Waals surface area contributed by atoms with Crippen molar-refractivity contribution in [1.82, 2.24) is 15.0 Å². The molecule has 0 atom stereocenters. The molecule has 0 radical (unpaired) electrons. The highest BCUT2D eigenvalue weighted by Crippen LogP contribution is 2.16. The van der Waals surface area contributed by atoms with E-state index in [9.17, 15) is 4.79 Å². The van der Waals surface area contributed by atoms with Gasteiger partial charge in [-0.2, -0.15) is 0 Å². The summed E-state index contributed by atoms with van der Waals surface area (Å²) in [7, 11) is 0. The zero-order valence-electron chi connectivity index (χ0n) is 11.7. The maximum atomic E-state index is 12.0. The molecular weight excluding hydrogens is 302 g/mol. The van der Waals surface area contributed by atoms with Crippen LogP contribution in [0.15, 0.2) is 42.6 Å². The highest BCUT2D eigenvalue weighted by molar-refractivity contribution is 6.29. The van der Waals surface area contributed by atoms with Gasteiger partial charge in [-0.3, -0.25) is 10.6 Å². The van der Waals surface area contributed by atoms with E-state index in [1.165, 1.54) is 0 Å². The second-order valence-corrected chi connectivity index (χ2v) is 5.04. The van der Waals surface area contributed by atoms with Crippen LogP contribution < -0.4 is 10.6 Å². The average molecular weight is 314 g/mol. The van der Waals surface area contributed by atoms with Crippen LogP contribution in [-0.2, 0) is 0 Å². The Balaban J connectivity index is 1.75. The van der Waals surface area contributed by atoms with E-state index >= 15 is 0 Å². The largest absolute Gasteiger partial charge is 0.327 e. The van der Waals surface area contributed by atoms with Gasteiger partial charge in [0.05, 0.1) is 0 Å². The van der Waals surface area contributed by atoms with E-state index in [2.05, 4.69) is 25.6 Å². The standard InChI is InChI=1S/C15H12ClN5O/c1-9-6-12(16)19-14(18-9)21-15(22)20-13-7-10-4-2-3-5-11(10)8-17-13/h2-8H,1H3,(H2,17,18,19,20,21,22). The number of urea groups is 1. The topological polar surface area (TPSA) is 79.8 Å². The van der Waals surface area contributed by atoms with Crippen LogP contribution in [-0.4, -0.2) is 21.0 Å². The van der Waals surface area contributed by atoms with Crippen molar-refractivity contribution in [3.8, 4) is 0 Å². The number of hydrogen-bond donors (Lipinski definition) is 2. The lowest BCUT2D eigenvalue weighted by atomic mass is 10.2. The summed E-state index contributed by atoms with van der Waals surface area (Å²) >= 11 is 5.82. The summed E-state index contributed by atoms with van der Waals surface area (Å²) in [5.41, 5.74) is 0.666. The molecule has 0 spiro atoms. The van der Waals surface area contributed by atoms with Crippen molar-refractivity contribution in [1.29, 1.82) is 0 Å². The van der Waals surface area contributed by atoms with E-state index in [4.69, 9.17) is 11.6 Å². The fourth-order valence-electron chi connectivity index (χ4n) is 1.99. The number of nitrogens with one attached hydrogen (secondary N) is 2. The van der Waals surface area contributed by atoms with Gasteiger partial charge in [-0.05, 0) is 24.4 Å². The van der Waals surface area contributed by atoms with Gasteiger partial charge in [0.2, 0.25) is 5.95 Å². The van der Waals surface area contributed by atoms with Gasteiger partial charge in [0.25, 0.3) is 0 Å². The molecule has 1 aromatic carbocycles. The van der Waals surface area contributed by atoms with Gasteiger partial charge in [0.1, 0.15) is 11.0 Å². The first-order chi connectivity index (χ1) is 10.6. The Labute approximate surface area is 131 Å². The Kier molecular flexibility index (Phi) is 3.84. The molecule has 0 unspecified atom stereocenters. The zero-order chi connectivity index (χ0) is 15.5.